The van der Waals surface area contributed by atoms with E-state index >= 15 is 0 Å². The Morgan fingerprint density at radius 3 is 2.76 bits per heavy atom. The van der Waals surface area contributed by atoms with Crippen molar-refractivity contribution in [1.29, 1.82) is 0 Å². The van der Waals surface area contributed by atoms with Crippen LogP contribution in [0.2, 0.25) is 0 Å². The minimum absolute atomic E-state index is 0.00805. The van der Waals surface area contributed by atoms with Crippen molar-refractivity contribution in [2.45, 2.75) is 13.0 Å². The number of amides is 1. The second kappa shape index (κ2) is 7.39. The molecule has 7 heteroatoms. The van der Waals surface area contributed by atoms with Crippen LogP contribution in [0.3, 0.4) is 0 Å². The first-order chi connectivity index (χ1) is 10.2. The van der Waals surface area contributed by atoms with Gasteiger partial charge in [0.1, 0.15) is 0 Å². The lowest BCUT2D eigenvalue weighted by molar-refractivity contribution is 0.0942. The summed E-state index contributed by atoms with van der Waals surface area (Å²) >= 11 is 0. The van der Waals surface area contributed by atoms with Gasteiger partial charge in [0.2, 0.25) is 11.5 Å². The van der Waals surface area contributed by atoms with Gasteiger partial charge in [0.15, 0.2) is 0 Å². The first kappa shape index (κ1) is 15.0. The number of aromatic nitrogens is 2. The molecule has 0 fully saturated rings. The maximum Gasteiger partial charge on any atom is 0.277 e. The number of nitrogens with two attached hydrogens (primary N) is 1. The van der Waals surface area contributed by atoms with E-state index in [2.05, 4.69) is 37.3 Å². The smallest absolute Gasteiger partial charge is 0.277 e. The van der Waals surface area contributed by atoms with Crippen LogP contribution < -0.4 is 11.1 Å². The monoisotopic (exact) mass is 289 g/mol. The number of carbonyl (C=O) groups excluding carboxylic acids is 1. The molecule has 112 valence electrons. The van der Waals surface area contributed by atoms with Crippen molar-refractivity contribution < 1.29 is 9.42 Å². The third kappa shape index (κ3) is 4.57. The van der Waals surface area contributed by atoms with Crippen molar-refractivity contribution in [2.24, 2.45) is 0 Å². The Morgan fingerprint density at radius 1 is 1.33 bits per heavy atom. The number of nitrogens with one attached hydrogen (secondary N) is 1. The third-order valence-corrected chi connectivity index (χ3v) is 3.03. The van der Waals surface area contributed by atoms with Crippen molar-refractivity contribution in [2.75, 3.05) is 25.9 Å². The Balaban J connectivity index is 1.65. The number of carbonyl (C=O) groups is 1. The molecule has 1 aromatic carbocycles. The van der Waals surface area contributed by atoms with Crippen LogP contribution in [0.15, 0.2) is 35.0 Å². The Morgan fingerprint density at radius 2 is 2.10 bits per heavy atom. The summed E-state index contributed by atoms with van der Waals surface area (Å²) in [5.41, 5.74) is 6.75. The van der Waals surface area contributed by atoms with Crippen molar-refractivity contribution in [3.63, 3.8) is 0 Å². The highest BCUT2D eigenvalue weighted by atomic mass is 16.6. The standard InChI is InChI=1S/C14H19N5O2/c1-19(10-11-6-3-2-4-7-11)9-5-8-16-14(20)12-13(15)18-21-17-12/h2-4,6-7H,5,8-10H2,1H3,(H2,15,18)(H,16,20). The maximum absolute atomic E-state index is 11.7. The summed E-state index contributed by atoms with van der Waals surface area (Å²) in [4.78, 5) is 13.9. The van der Waals surface area contributed by atoms with Crippen LogP contribution in [0.25, 0.3) is 0 Å². The molecule has 0 radical (unpaired) electrons. The zero-order chi connectivity index (χ0) is 15.1. The lowest BCUT2D eigenvalue weighted by Gasteiger charge is -2.16. The van der Waals surface area contributed by atoms with Crippen molar-refractivity contribution in [1.82, 2.24) is 20.5 Å². The molecule has 2 rings (SSSR count). The van der Waals surface area contributed by atoms with Crippen LogP contribution in [0.5, 0.6) is 0 Å². The number of hydrogen-bond acceptors (Lipinski definition) is 6. The summed E-state index contributed by atoms with van der Waals surface area (Å²) in [5, 5.41) is 9.55. The van der Waals surface area contributed by atoms with Gasteiger partial charge in [-0.1, -0.05) is 30.3 Å². The quantitative estimate of drug-likeness (QED) is 0.735. The number of benzene rings is 1. The predicted octanol–water partition coefficient (Wildman–Crippen LogP) is 0.904. The molecule has 1 aromatic heterocycles. The Kier molecular flexibility index (Phi) is 5.28. The van der Waals surface area contributed by atoms with Gasteiger partial charge in [-0.2, -0.15) is 0 Å². The van der Waals surface area contributed by atoms with Gasteiger partial charge in [0.05, 0.1) is 0 Å². The van der Waals surface area contributed by atoms with Gasteiger partial charge >= 0.3 is 0 Å². The lowest BCUT2D eigenvalue weighted by Crippen LogP contribution is -2.28. The second-order valence-corrected chi connectivity index (χ2v) is 4.83. The minimum Gasteiger partial charge on any atom is -0.379 e. The van der Waals surface area contributed by atoms with Gasteiger partial charge in [0, 0.05) is 13.1 Å². The fraction of sp³-hybridized carbons (Fsp3) is 0.357. The molecule has 0 atom stereocenters. The molecule has 0 unspecified atom stereocenters. The second-order valence-electron chi connectivity index (χ2n) is 4.83. The van der Waals surface area contributed by atoms with Crippen molar-refractivity contribution >= 4 is 11.7 Å². The van der Waals surface area contributed by atoms with Crippen LogP contribution in [-0.2, 0) is 6.54 Å². The van der Waals surface area contributed by atoms with E-state index in [1.807, 2.05) is 25.2 Å². The van der Waals surface area contributed by atoms with E-state index in [4.69, 9.17) is 5.73 Å². The highest BCUT2D eigenvalue weighted by molar-refractivity contribution is 5.95. The minimum atomic E-state index is -0.362. The summed E-state index contributed by atoms with van der Waals surface area (Å²) in [6, 6.07) is 10.3. The zero-order valence-electron chi connectivity index (χ0n) is 12.0. The van der Waals surface area contributed by atoms with Gasteiger partial charge in [-0.15, -0.1) is 0 Å². The van der Waals surface area contributed by atoms with Crippen molar-refractivity contribution in [3.8, 4) is 0 Å². The summed E-state index contributed by atoms with van der Waals surface area (Å²) in [6.45, 7) is 2.31. The molecule has 0 aliphatic carbocycles. The average Bonchev–Trinajstić information content (AvgIpc) is 2.91. The van der Waals surface area contributed by atoms with E-state index in [1.165, 1.54) is 5.56 Å². The molecule has 0 aliphatic heterocycles. The van der Waals surface area contributed by atoms with Crippen LogP contribution >= 0.6 is 0 Å². The molecule has 7 nitrogen and oxygen atoms in total. The summed E-state index contributed by atoms with van der Waals surface area (Å²) in [7, 11) is 2.05. The van der Waals surface area contributed by atoms with Crippen molar-refractivity contribution in [3.05, 3.63) is 41.6 Å². The number of anilines is 1. The Hall–Kier alpha value is -2.41. The Labute approximate surface area is 123 Å². The van der Waals surface area contributed by atoms with Gasteiger partial charge in [-0.05, 0) is 35.9 Å². The van der Waals surface area contributed by atoms with Crippen LogP contribution in [0.4, 0.5) is 5.82 Å². The van der Waals surface area contributed by atoms with E-state index in [1.54, 1.807) is 0 Å². The first-order valence-electron chi connectivity index (χ1n) is 6.75. The topological polar surface area (TPSA) is 97.3 Å². The number of nitrogen functional groups attached to an aromatic ring is 1. The molecule has 0 saturated carbocycles. The molecular formula is C14H19N5O2. The van der Waals surface area contributed by atoms with Crippen LogP contribution in [0.1, 0.15) is 22.5 Å². The van der Waals surface area contributed by atoms with E-state index in [0.717, 1.165) is 19.5 Å². The lowest BCUT2D eigenvalue weighted by atomic mass is 10.2. The third-order valence-electron chi connectivity index (χ3n) is 3.03. The van der Waals surface area contributed by atoms with E-state index in [0.29, 0.717) is 6.54 Å². The maximum atomic E-state index is 11.7. The number of rotatable bonds is 7. The number of hydrogen-bond donors (Lipinski definition) is 2. The molecule has 0 saturated heterocycles. The van der Waals surface area contributed by atoms with E-state index in [9.17, 15) is 4.79 Å². The molecule has 0 spiro atoms. The SMILES string of the molecule is CN(CCCNC(=O)c1nonc1N)Cc1ccccc1. The molecule has 2 aromatic rings. The fourth-order valence-electron chi connectivity index (χ4n) is 1.96. The molecular weight excluding hydrogens is 270 g/mol. The highest BCUT2D eigenvalue weighted by Gasteiger charge is 2.14. The average molecular weight is 289 g/mol. The van der Waals surface area contributed by atoms with Crippen LogP contribution in [0, 0.1) is 0 Å². The molecule has 0 aliphatic rings. The summed E-state index contributed by atoms with van der Waals surface area (Å²) < 4.78 is 4.38. The van der Waals surface area contributed by atoms with Crippen LogP contribution in [-0.4, -0.2) is 41.3 Å². The Bertz CT molecular complexity index is 570. The molecule has 1 heterocycles. The summed E-state index contributed by atoms with van der Waals surface area (Å²) in [6.07, 6.45) is 0.834. The predicted molar refractivity (Wildman–Crippen MR) is 78.4 cm³/mol. The van der Waals surface area contributed by atoms with Gasteiger partial charge in [-0.3, -0.25) is 4.79 Å². The normalized spacial score (nSPS) is 10.8. The zero-order valence-corrected chi connectivity index (χ0v) is 12.0. The number of nitrogens with zero attached hydrogens (tertiary/aromatic N) is 3. The molecule has 1 amide bonds. The molecule has 21 heavy (non-hydrogen) atoms. The summed E-state index contributed by atoms with van der Waals surface area (Å²) in [5.74, 6) is -0.354. The van der Waals surface area contributed by atoms with Gasteiger partial charge in [-0.25, -0.2) is 4.63 Å². The molecule has 3 N–H and O–H groups in total. The molecule has 0 bridgehead atoms. The largest absolute Gasteiger partial charge is 0.379 e. The van der Waals surface area contributed by atoms with Gasteiger partial charge in [0.25, 0.3) is 5.91 Å². The van der Waals surface area contributed by atoms with E-state index in [-0.39, 0.29) is 17.4 Å². The van der Waals surface area contributed by atoms with Gasteiger partial charge < -0.3 is 16.0 Å². The first-order valence-corrected chi connectivity index (χ1v) is 6.75. The fourth-order valence-corrected chi connectivity index (χ4v) is 1.96. The highest BCUT2D eigenvalue weighted by Crippen LogP contribution is 2.04. The van der Waals surface area contributed by atoms with E-state index < -0.39 is 0 Å².